The molecule has 3 saturated heterocycles. The minimum atomic E-state index is -0.0523. The van der Waals surface area contributed by atoms with E-state index in [0.717, 1.165) is 38.9 Å². The van der Waals surface area contributed by atoms with Crippen molar-refractivity contribution in [1.29, 1.82) is 0 Å². The van der Waals surface area contributed by atoms with Crippen LogP contribution < -0.4 is 0 Å². The Morgan fingerprint density at radius 1 is 1.13 bits per heavy atom. The minimum Gasteiger partial charge on any atom is -0.378 e. The van der Waals surface area contributed by atoms with Gasteiger partial charge in [-0.3, -0.25) is 14.5 Å². The van der Waals surface area contributed by atoms with Crippen molar-refractivity contribution in [1.82, 2.24) is 24.8 Å². The lowest BCUT2D eigenvalue weighted by Crippen LogP contribution is -2.47. The highest BCUT2D eigenvalue weighted by Crippen LogP contribution is 2.48. The quantitative estimate of drug-likeness (QED) is 0.725. The molecule has 0 saturated carbocycles. The lowest BCUT2D eigenvalue weighted by Gasteiger charge is -2.40. The number of nitrogens with zero attached hydrogens (tertiary/aromatic N) is 5. The number of aryl methyl sites for hydroxylation is 1. The SMILES string of the molecule is Cc1noc(C2CC3(CCN(C(=O)C(C)C)CC3)CN2CC(=O)N2CCOCC2)n1. The van der Waals surface area contributed by atoms with Crippen molar-refractivity contribution < 1.29 is 18.8 Å². The second-order valence-corrected chi connectivity index (χ2v) is 9.28. The van der Waals surface area contributed by atoms with Crippen molar-refractivity contribution in [2.45, 2.75) is 46.1 Å². The van der Waals surface area contributed by atoms with Crippen molar-refractivity contribution in [2.75, 3.05) is 52.5 Å². The van der Waals surface area contributed by atoms with Crippen LogP contribution in [0.4, 0.5) is 0 Å². The highest BCUT2D eigenvalue weighted by atomic mass is 16.5. The van der Waals surface area contributed by atoms with E-state index in [1.165, 1.54) is 0 Å². The van der Waals surface area contributed by atoms with E-state index in [-0.39, 0.29) is 29.2 Å². The summed E-state index contributed by atoms with van der Waals surface area (Å²) in [4.78, 5) is 35.9. The van der Waals surface area contributed by atoms with Crippen LogP contribution in [0.5, 0.6) is 0 Å². The fourth-order valence-corrected chi connectivity index (χ4v) is 5.02. The van der Waals surface area contributed by atoms with Crippen molar-refractivity contribution in [2.24, 2.45) is 11.3 Å². The van der Waals surface area contributed by atoms with Crippen LogP contribution in [0.3, 0.4) is 0 Å². The number of piperidine rings is 1. The van der Waals surface area contributed by atoms with Crippen LogP contribution in [0.15, 0.2) is 4.52 Å². The lowest BCUT2D eigenvalue weighted by molar-refractivity contribution is -0.136. The second kappa shape index (κ2) is 8.63. The lowest BCUT2D eigenvalue weighted by atomic mass is 9.76. The average Bonchev–Trinajstić information content (AvgIpc) is 3.32. The summed E-state index contributed by atoms with van der Waals surface area (Å²) in [6, 6.07) is -0.0523. The molecule has 0 N–H and O–H groups in total. The van der Waals surface area contributed by atoms with E-state index in [0.29, 0.717) is 44.6 Å². The maximum Gasteiger partial charge on any atom is 0.244 e. The van der Waals surface area contributed by atoms with E-state index >= 15 is 0 Å². The molecule has 0 radical (unpaired) electrons. The van der Waals surface area contributed by atoms with Gasteiger partial charge in [-0.25, -0.2) is 0 Å². The molecule has 1 unspecified atom stereocenters. The number of carbonyl (C=O) groups excluding carboxylic acids is 2. The Balaban J connectivity index is 1.47. The fraction of sp³-hybridized carbons (Fsp3) is 0.810. The van der Waals surface area contributed by atoms with Crippen molar-refractivity contribution in [3.05, 3.63) is 11.7 Å². The molecule has 2 amide bonds. The summed E-state index contributed by atoms with van der Waals surface area (Å²) >= 11 is 0. The number of hydrogen-bond acceptors (Lipinski definition) is 7. The van der Waals surface area contributed by atoms with Gasteiger partial charge in [0.15, 0.2) is 5.82 Å². The largest absolute Gasteiger partial charge is 0.378 e. The van der Waals surface area contributed by atoms with Crippen LogP contribution >= 0.6 is 0 Å². The highest BCUT2D eigenvalue weighted by molar-refractivity contribution is 5.79. The summed E-state index contributed by atoms with van der Waals surface area (Å²) in [5.74, 6) is 1.59. The molecule has 30 heavy (non-hydrogen) atoms. The number of aromatic nitrogens is 2. The molecule has 3 aliphatic heterocycles. The van der Waals surface area contributed by atoms with Crippen LogP contribution in [0.25, 0.3) is 0 Å². The number of amides is 2. The fourth-order valence-electron chi connectivity index (χ4n) is 5.02. The maximum absolute atomic E-state index is 12.9. The van der Waals surface area contributed by atoms with E-state index in [4.69, 9.17) is 9.26 Å². The monoisotopic (exact) mass is 419 g/mol. The minimum absolute atomic E-state index is 0.0272. The van der Waals surface area contributed by atoms with Gasteiger partial charge in [-0.05, 0) is 31.6 Å². The van der Waals surface area contributed by atoms with Gasteiger partial charge in [-0.2, -0.15) is 4.98 Å². The molecular formula is C21H33N5O4. The zero-order valence-electron chi connectivity index (χ0n) is 18.3. The molecule has 1 spiro atoms. The third kappa shape index (κ3) is 4.37. The van der Waals surface area contributed by atoms with Gasteiger partial charge in [0.2, 0.25) is 17.7 Å². The molecule has 0 aliphatic carbocycles. The summed E-state index contributed by atoms with van der Waals surface area (Å²) in [7, 11) is 0. The highest BCUT2D eigenvalue weighted by Gasteiger charge is 2.49. The molecule has 1 aromatic heterocycles. The first-order chi connectivity index (χ1) is 14.4. The van der Waals surface area contributed by atoms with Gasteiger partial charge < -0.3 is 19.1 Å². The standard InChI is InChI=1S/C21H33N5O4/c1-15(2)20(28)25-6-4-21(5-7-25)12-17(19-22-16(3)23-30-19)26(14-21)13-18(27)24-8-10-29-11-9-24/h15,17H,4-14H2,1-3H3. The van der Waals surface area contributed by atoms with Gasteiger partial charge in [-0.15, -0.1) is 0 Å². The molecule has 0 bridgehead atoms. The Labute approximate surface area is 177 Å². The normalized spacial score (nSPS) is 24.7. The van der Waals surface area contributed by atoms with Crippen molar-refractivity contribution >= 4 is 11.8 Å². The molecule has 9 nitrogen and oxygen atoms in total. The van der Waals surface area contributed by atoms with Gasteiger partial charge in [-0.1, -0.05) is 19.0 Å². The van der Waals surface area contributed by atoms with E-state index < -0.39 is 0 Å². The third-order valence-corrected chi connectivity index (χ3v) is 6.77. The summed E-state index contributed by atoms with van der Waals surface area (Å²) < 4.78 is 10.9. The predicted octanol–water partition coefficient (Wildman–Crippen LogP) is 1.25. The third-order valence-electron chi connectivity index (χ3n) is 6.77. The summed E-state index contributed by atoms with van der Waals surface area (Å²) in [6.07, 6.45) is 2.77. The maximum atomic E-state index is 12.9. The number of rotatable bonds is 4. The van der Waals surface area contributed by atoms with Crippen molar-refractivity contribution in [3.63, 3.8) is 0 Å². The first kappa shape index (κ1) is 21.2. The first-order valence-corrected chi connectivity index (χ1v) is 11.1. The molecule has 4 rings (SSSR count). The summed E-state index contributed by atoms with van der Waals surface area (Å²) in [6.45, 7) is 10.9. The van der Waals surface area contributed by atoms with E-state index in [1.807, 2.05) is 30.6 Å². The zero-order valence-corrected chi connectivity index (χ0v) is 18.3. The summed E-state index contributed by atoms with van der Waals surface area (Å²) in [5, 5.41) is 3.98. The average molecular weight is 420 g/mol. The van der Waals surface area contributed by atoms with Crippen LogP contribution in [0.2, 0.25) is 0 Å². The van der Waals surface area contributed by atoms with Crippen LogP contribution in [-0.2, 0) is 14.3 Å². The van der Waals surface area contributed by atoms with Gasteiger partial charge in [0.05, 0.1) is 25.8 Å². The molecular weight excluding hydrogens is 386 g/mol. The number of ether oxygens (including phenoxy) is 1. The Bertz CT molecular complexity index is 765. The topological polar surface area (TPSA) is 92.0 Å². The first-order valence-electron chi connectivity index (χ1n) is 11.1. The Morgan fingerprint density at radius 3 is 2.43 bits per heavy atom. The van der Waals surface area contributed by atoms with Crippen LogP contribution in [0, 0.1) is 18.3 Å². The van der Waals surface area contributed by atoms with Gasteiger partial charge >= 0.3 is 0 Å². The number of likely N-dealkylation sites (tertiary alicyclic amines) is 2. The Hall–Kier alpha value is -2.00. The smallest absolute Gasteiger partial charge is 0.244 e. The Kier molecular flexibility index (Phi) is 6.11. The molecule has 1 atom stereocenters. The Morgan fingerprint density at radius 2 is 1.83 bits per heavy atom. The molecule has 0 aromatic carbocycles. The van der Waals surface area contributed by atoms with Gasteiger partial charge in [0.1, 0.15) is 0 Å². The molecule has 3 fully saturated rings. The van der Waals surface area contributed by atoms with Crippen LogP contribution in [0.1, 0.15) is 50.9 Å². The second-order valence-electron chi connectivity index (χ2n) is 9.28. The predicted molar refractivity (Wildman–Crippen MR) is 108 cm³/mol. The summed E-state index contributed by atoms with van der Waals surface area (Å²) in [5.41, 5.74) is 0.0755. The molecule has 166 valence electrons. The van der Waals surface area contributed by atoms with E-state index in [1.54, 1.807) is 0 Å². The number of hydrogen-bond donors (Lipinski definition) is 0. The van der Waals surface area contributed by atoms with Crippen molar-refractivity contribution in [3.8, 4) is 0 Å². The van der Waals surface area contributed by atoms with E-state index in [9.17, 15) is 9.59 Å². The molecule has 9 heteroatoms. The van der Waals surface area contributed by atoms with Gasteiger partial charge in [0, 0.05) is 38.6 Å². The number of morpholine rings is 1. The van der Waals surface area contributed by atoms with Crippen LogP contribution in [-0.4, -0.2) is 89.1 Å². The zero-order chi connectivity index (χ0) is 21.3. The number of carbonyl (C=O) groups is 2. The van der Waals surface area contributed by atoms with E-state index in [2.05, 4.69) is 15.0 Å². The molecule has 1 aromatic rings. The molecule has 3 aliphatic rings. The van der Waals surface area contributed by atoms with Gasteiger partial charge in [0.25, 0.3) is 0 Å². The molecule has 4 heterocycles.